The summed E-state index contributed by atoms with van der Waals surface area (Å²) < 4.78 is 1.92. The van der Waals surface area contributed by atoms with Gasteiger partial charge in [0.2, 0.25) is 5.91 Å². The van der Waals surface area contributed by atoms with Crippen LogP contribution in [-0.4, -0.2) is 10.8 Å². The highest BCUT2D eigenvalue weighted by atomic mass is 79.9. The Morgan fingerprint density at radius 2 is 1.87 bits per heavy atom. The van der Waals surface area contributed by atoms with Gasteiger partial charge < -0.3 is 22.3 Å². The lowest BCUT2D eigenvalue weighted by Crippen LogP contribution is -3.00. The third-order valence-electron chi connectivity index (χ3n) is 3.36. The Labute approximate surface area is 145 Å². The average Bonchev–Trinajstić information content (AvgIpc) is 2.48. The van der Waals surface area contributed by atoms with Gasteiger partial charge in [-0.3, -0.25) is 14.9 Å². The van der Waals surface area contributed by atoms with Crippen LogP contribution in [0.4, 0.5) is 11.4 Å². The monoisotopic (exact) mass is 379 g/mol. The molecule has 7 heteroatoms. The van der Waals surface area contributed by atoms with E-state index in [1.807, 2.05) is 36.0 Å². The number of non-ortho nitro benzene ring substituents is 1. The fourth-order valence-corrected chi connectivity index (χ4v) is 1.98. The molecule has 0 saturated carbocycles. The molecule has 0 unspecified atom stereocenters. The van der Waals surface area contributed by atoms with Gasteiger partial charge in [0.15, 0.2) is 18.9 Å². The minimum absolute atomic E-state index is 0. The van der Waals surface area contributed by atoms with Gasteiger partial charge in [0.05, 0.1) is 17.0 Å². The zero-order valence-electron chi connectivity index (χ0n) is 13.0. The molecule has 1 aromatic heterocycles. The van der Waals surface area contributed by atoms with Gasteiger partial charge in [0.1, 0.15) is 0 Å². The fourth-order valence-electron chi connectivity index (χ4n) is 1.98. The van der Waals surface area contributed by atoms with Crippen LogP contribution in [0.15, 0.2) is 42.7 Å². The van der Waals surface area contributed by atoms with Crippen LogP contribution in [0.1, 0.15) is 17.5 Å². The summed E-state index contributed by atoms with van der Waals surface area (Å²) in [7, 11) is 0. The summed E-state index contributed by atoms with van der Waals surface area (Å²) in [5.41, 5.74) is 2.40. The van der Waals surface area contributed by atoms with E-state index < -0.39 is 4.92 Å². The summed E-state index contributed by atoms with van der Waals surface area (Å²) in [5, 5.41) is 13.5. The van der Waals surface area contributed by atoms with Crippen LogP contribution in [-0.2, 0) is 11.3 Å². The second-order valence-corrected chi connectivity index (χ2v) is 5.17. The number of nitro groups is 1. The second kappa shape index (κ2) is 8.38. The molecule has 1 heterocycles. The van der Waals surface area contributed by atoms with Gasteiger partial charge >= 0.3 is 0 Å². The first-order chi connectivity index (χ1) is 10.5. The number of amides is 1. The zero-order chi connectivity index (χ0) is 16.1. The molecule has 6 nitrogen and oxygen atoms in total. The number of hydrogen-bond acceptors (Lipinski definition) is 3. The maximum absolute atomic E-state index is 12.0. The van der Waals surface area contributed by atoms with Crippen molar-refractivity contribution < 1.29 is 31.3 Å². The molecule has 122 valence electrons. The van der Waals surface area contributed by atoms with Crippen molar-refractivity contribution in [1.29, 1.82) is 0 Å². The Balaban J connectivity index is 0.00000264. The number of pyridine rings is 1. The van der Waals surface area contributed by atoms with Gasteiger partial charge in [-0.2, -0.15) is 0 Å². The molecule has 0 aliphatic rings. The molecule has 0 bridgehead atoms. The van der Waals surface area contributed by atoms with Crippen LogP contribution in [0.5, 0.6) is 0 Å². The third kappa shape index (κ3) is 5.45. The van der Waals surface area contributed by atoms with E-state index in [9.17, 15) is 14.9 Å². The van der Waals surface area contributed by atoms with E-state index in [0.717, 1.165) is 11.1 Å². The first kappa shape index (κ1) is 18.8. The summed E-state index contributed by atoms with van der Waals surface area (Å²) >= 11 is 0. The smallest absolute Gasteiger partial charge is 0.271 e. The summed E-state index contributed by atoms with van der Waals surface area (Å²) in [4.78, 5) is 22.3. The molecule has 0 saturated heterocycles. The second-order valence-electron chi connectivity index (χ2n) is 5.17. The average molecular weight is 380 g/mol. The van der Waals surface area contributed by atoms with Gasteiger partial charge in [0.25, 0.3) is 5.69 Å². The number of anilines is 1. The molecule has 1 amide bonds. The lowest BCUT2D eigenvalue weighted by Gasteiger charge is -2.07. The lowest BCUT2D eigenvalue weighted by atomic mass is 10.1. The van der Waals surface area contributed by atoms with Crippen molar-refractivity contribution in [2.45, 2.75) is 26.8 Å². The molecular weight excluding hydrogens is 362 g/mol. The van der Waals surface area contributed by atoms with E-state index in [-0.39, 0.29) is 28.6 Å². The van der Waals surface area contributed by atoms with Gasteiger partial charge in [-0.05, 0) is 25.0 Å². The number of aromatic nitrogens is 1. The summed E-state index contributed by atoms with van der Waals surface area (Å²) in [5.74, 6) is -0.170. The Bertz CT molecular complexity index is 702. The minimum Gasteiger partial charge on any atom is -1.00 e. The molecule has 0 fully saturated rings. The zero-order valence-corrected chi connectivity index (χ0v) is 14.5. The van der Waals surface area contributed by atoms with Gasteiger partial charge in [-0.15, -0.1) is 0 Å². The van der Waals surface area contributed by atoms with Crippen molar-refractivity contribution >= 4 is 17.3 Å². The van der Waals surface area contributed by atoms with Crippen molar-refractivity contribution in [3.8, 4) is 0 Å². The number of nitrogens with one attached hydrogen (secondary N) is 1. The highest BCUT2D eigenvalue weighted by Crippen LogP contribution is 2.21. The first-order valence-corrected chi connectivity index (χ1v) is 6.96. The highest BCUT2D eigenvalue weighted by Gasteiger charge is 2.12. The molecule has 0 radical (unpaired) electrons. The van der Waals surface area contributed by atoms with E-state index >= 15 is 0 Å². The lowest BCUT2D eigenvalue weighted by molar-refractivity contribution is -0.695. The van der Waals surface area contributed by atoms with Gasteiger partial charge in [0, 0.05) is 24.3 Å². The van der Waals surface area contributed by atoms with E-state index in [1.54, 1.807) is 13.0 Å². The van der Waals surface area contributed by atoms with Crippen LogP contribution in [0.3, 0.4) is 0 Å². The quantitative estimate of drug-likeness (QED) is 0.433. The molecule has 0 aliphatic carbocycles. The number of nitrogens with zero attached hydrogens (tertiary/aromatic N) is 2. The third-order valence-corrected chi connectivity index (χ3v) is 3.36. The topological polar surface area (TPSA) is 76.1 Å². The van der Waals surface area contributed by atoms with Gasteiger partial charge in [-0.25, -0.2) is 4.57 Å². The summed E-state index contributed by atoms with van der Waals surface area (Å²) in [6, 6.07) is 8.38. The number of aryl methyl sites for hydroxylation is 3. The number of hydrogen-bond donors (Lipinski definition) is 1. The molecule has 23 heavy (non-hydrogen) atoms. The van der Waals surface area contributed by atoms with Crippen molar-refractivity contribution in [3.05, 3.63) is 64.0 Å². The maximum Gasteiger partial charge on any atom is 0.271 e. The van der Waals surface area contributed by atoms with Crippen molar-refractivity contribution in [2.24, 2.45) is 0 Å². The van der Waals surface area contributed by atoms with E-state index in [2.05, 4.69) is 5.32 Å². The number of halogens is 1. The minimum atomic E-state index is -0.475. The molecular formula is C16H18BrN3O3. The Morgan fingerprint density at radius 3 is 2.48 bits per heavy atom. The van der Waals surface area contributed by atoms with Crippen LogP contribution in [0, 0.1) is 24.0 Å². The summed E-state index contributed by atoms with van der Waals surface area (Å²) in [6.45, 7) is 4.36. The predicted molar refractivity (Wildman–Crippen MR) is 82.5 cm³/mol. The highest BCUT2D eigenvalue weighted by molar-refractivity contribution is 5.91. The molecule has 2 rings (SSSR count). The number of carbonyl (C=O) groups excluding carboxylic acids is 1. The summed E-state index contributed by atoms with van der Waals surface area (Å²) in [6.07, 6.45) is 4.14. The number of nitro benzene ring substituents is 1. The van der Waals surface area contributed by atoms with Crippen LogP contribution < -0.4 is 26.9 Å². The van der Waals surface area contributed by atoms with E-state index in [0.29, 0.717) is 18.7 Å². The van der Waals surface area contributed by atoms with Crippen molar-refractivity contribution in [1.82, 2.24) is 0 Å². The normalized spacial score (nSPS) is 9.83. The van der Waals surface area contributed by atoms with Crippen molar-refractivity contribution in [2.75, 3.05) is 5.32 Å². The predicted octanol–water partition coefficient (Wildman–Crippen LogP) is -0.468. The van der Waals surface area contributed by atoms with Crippen molar-refractivity contribution in [3.63, 3.8) is 0 Å². The Morgan fingerprint density at radius 1 is 1.22 bits per heavy atom. The number of benzene rings is 1. The molecule has 0 spiro atoms. The number of rotatable bonds is 5. The van der Waals surface area contributed by atoms with Crippen LogP contribution in [0.2, 0.25) is 0 Å². The Hall–Kier alpha value is -2.28. The fraction of sp³-hybridized carbons (Fsp3) is 0.250. The largest absolute Gasteiger partial charge is 1.00 e. The maximum atomic E-state index is 12.0. The molecule has 1 N–H and O–H groups in total. The van der Waals surface area contributed by atoms with E-state index in [1.165, 1.54) is 12.1 Å². The SMILES string of the molecule is Cc1cc[n+](CCC(=O)Nc2cc([N+](=O)[O-])ccc2C)cc1.[Br-]. The van der Waals surface area contributed by atoms with E-state index in [4.69, 9.17) is 0 Å². The molecule has 2 aromatic rings. The van der Waals surface area contributed by atoms with Crippen LogP contribution >= 0.6 is 0 Å². The first-order valence-electron chi connectivity index (χ1n) is 6.96. The van der Waals surface area contributed by atoms with Crippen LogP contribution in [0.25, 0.3) is 0 Å². The Kier molecular flexibility index (Phi) is 6.84. The standard InChI is InChI=1S/C16H17N3O3.BrH/c1-12-5-8-18(9-6-12)10-7-16(20)17-15-11-14(19(21)22)4-3-13(15)2;/h3-6,8-9,11H,7,10H2,1-2H3;1H. The number of carbonyl (C=O) groups is 1. The molecule has 1 aromatic carbocycles. The molecule has 0 atom stereocenters. The van der Waals surface area contributed by atoms with Gasteiger partial charge in [-0.1, -0.05) is 6.07 Å². The molecule has 0 aliphatic heterocycles.